The summed E-state index contributed by atoms with van der Waals surface area (Å²) >= 11 is 1.70. The Bertz CT molecular complexity index is 143. The Morgan fingerprint density at radius 2 is 2.50 bits per heavy atom. The Hall–Kier alpha value is -0.220. The van der Waals surface area contributed by atoms with Crippen LogP contribution in [0, 0.1) is 0 Å². The number of thioether (sulfide) groups is 1. The molecule has 0 radical (unpaired) electrons. The van der Waals surface area contributed by atoms with Gasteiger partial charge in [-0.3, -0.25) is 4.79 Å². The second-order valence-electron chi connectivity index (χ2n) is 2.45. The van der Waals surface area contributed by atoms with E-state index in [1.807, 2.05) is 0 Å². The highest BCUT2D eigenvalue weighted by atomic mass is 32.2. The van der Waals surface area contributed by atoms with Crippen molar-refractivity contribution in [3.8, 4) is 0 Å². The molecule has 4 heteroatoms. The summed E-state index contributed by atoms with van der Waals surface area (Å²) in [6.07, 6.45) is 0.740. The van der Waals surface area contributed by atoms with E-state index in [-0.39, 0.29) is 5.97 Å². The summed E-state index contributed by atoms with van der Waals surface area (Å²) in [6.45, 7) is 0. The number of hydrogen-bond donors (Lipinski definition) is 1. The molecular weight excluding hydrogens is 150 g/mol. The second-order valence-corrected chi connectivity index (χ2v) is 3.56. The molecule has 0 aliphatic carbocycles. The van der Waals surface area contributed by atoms with Crippen molar-refractivity contribution in [2.24, 2.45) is 5.73 Å². The number of rotatable bonds is 1. The predicted molar refractivity (Wildman–Crippen MR) is 40.9 cm³/mol. The molecule has 1 saturated heterocycles. The van der Waals surface area contributed by atoms with Crippen LogP contribution in [0.5, 0.6) is 0 Å². The summed E-state index contributed by atoms with van der Waals surface area (Å²) < 4.78 is 4.56. The molecular formula is C6H11NO2S. The smallest absolute Gasteiger partial charge is 0.326 e. The van der Waals surface area contributed by atoms with E-state index in [9.17, 15) is 4.79 Å². The largest absolute Gasteiger partial charge is 0.468 e. The maximum atomic E-state index is 11.0. The SMILES string of the molecule is COC(=O)[C@@]1(N)CCSC1. The lowest BCUT2D eigenvalue weighted by molar-refractivity contribution is -0.146. The van der Waals surface area contributed by atoms with Gasteiger partial charge in [-0.05, 0) is 12.2 Å². The molecule has 0 bridgehead atoms. The van der Waals surface area contributed by atoms with Crippen molar-refractivity contribution in [3.63, 3.8) is 0 Å². The molecule has 0 aromatic heterocycles. The number of carbonyl (C=O) groups is 1. The van der Waals surface area contributed by atoms with Gasteiger partial charge < -0.3 is 10.5 Å². The Kier molecular flexibility index (Phi) is 2.21. The van der Waals surface area contributed by atoms with Crippen molar-refractivity contribution in [1.29, 1.82) is 0 Å². The molecule has 58 valence electrons. The van der Waals surface area contributed by atoms with Gasteiger partial charge in [0.2, 0.25) is 0 Å². The summed E-state index contributed by atoms with van der Waals surface area (Å²) in [7, 11) is 1.37. The molecule has 1 rings (SSSR count). The maximum absolute atomic E-state index is 11.0. The fourth-order valence-electron chi connectivity index (χ4n) is 0.945. The normalized spacial score (nSPS) is 32.2. The van der Waals surface area contributed by atoms with Crippen molar-refractivity contribution in [2.75, 3.05) is 18.6 Å². The average Bonchev–Trinajstić information content (AvgIpc) is 2.36. The quantitative estimate of drug-likeness (QED) is 0.550. The molecule has 1 aliphatic rings. The van der Waals surface area contributed by atoms with Crippen LogP contribution in [0.4, 0.5) is 0 Å². The van der Waals surface area contributed by atoms with Gasteiger partial charge in [-0.1, -0.05) is 0 Å². The van der Waals surface area contributed by atoms with Gasteiger partial charge in [0, 0.05) is 5.75 Å². The van der Waals surface area contributed by atoms with Gasteiger partial charge in [0.05, 0.1) is 7.11 Å². The molecule has 2 N–H and O–H groups in total. The van der Waals surface area contributed by atoms with Crippen LogP contribution in [0.25, 0.3) is 0 Å². The van der Waals surface area contributed by atoms with Crippen molar-refractivity contribution in [1.82, 2.24) is 0 Å². The summed E-state index contributed by atoms with van der Waals surface area (Å²) in [5.41, 5.74) is 5.02. The molecule has 10 heavy (non-hydrogen) atoms. The summed E-state index contributed by atoms with van der Waals surface area (Å²) in [4.78, 5) is 11.0. The van der Waals surface area contributed by atoms with Crippen LogP contribution >= 0.6 is 11.8 Å². The number of hydrogen-bond acceptors (Lipinski definition) is 4. The molecule has 1 atom stereocenters. The number of carbonyl (C=O) groups excluding carboxylic acids is 1. The third-order valence-corrected chi connectivity index (χ3v) is 2.86. The maximum Gasteiger partial charge on any atom is 0.326 e. The highest BCUT2D eigenvalue weighted by Crippen LogP contribution is 2.26. The molecule has 0 saturated carbocycles. The second kappa shape index (κ2) is 2.80. The summed E-state index contributed by atoms with van der Waals surface area (Å²) in [5.74, 6) is 1.38. The lowest BCUT2D eigenvalue weighted by Gasteiger charge is -2.18. The third-order valence-electron chi connectivity index (χ3n) is 1.64. The first-order valence-electron chi connectivity index (χ1n) is 3.14. The molecule has 3 nitrogen and oxygen atoms in total. The monoisotopic (exact) mass is 161 g/mol. The Morgan fingerprint density at radius 1 is 1.80 bits per heavy atom. The minimum atomic E-state index is -0.695. The Balaban J connectivity index is 2.58. The van der Waals surface area contributed by atoms with E-state index in [2.05, 4.69) is 4.74 Å². The summed E-state index contributed by atoms with van der Waals surface area (Å²) in [5, 5.41) is 0. The van der Waals surface area contributed by atoms with Gasteiger partial charge in [0.15, 0.2) is 0 Å². The van der Waals surface area contributed by atoms with Crippen LogP contribution in [0.1, 0.15) is 6.42 Å². The van der Waals surface area contributed by atoms with Gasteiger partial charge in [0.1, 0.15) is 5.54 Å². The van der Waals surface area contributed by atoms with Crippen molar-refractivity contribution in [3.05, 3.63) is 0 Å². The highest BCUT2D eigenvalue weighted by Gasteiger charge is 2.38. The fourth-order valence-corrected chi connectivity index (χ4v) is 2.22. The van der Waals surface area contributed by atoms with Crippen molar-refractivity contribution < 1.29 is 9.53 Å². The zero-order valence-electron chi connectivity index (χ0n) is 5.92. The zero-order valence-corrected chi connectivity index (χ0v) is 6.74. The minimum Gasteiger partial charge on any atom is -0.468 e. The minimum absolute atomic E-state index is 0.280. The number of esters is 1. The van der Waals surface area contributed by atoms with Crippen LogP contribution in [-0.4, -0.2) is 30.1 Å². The van der Waals surface area contributed by atoms with E-state index in [0.717, 1.165) is 12.2 Å². The van der Waals surface area contributed by atoms with Crippen LogP contribution in [0.15, 0.2) is 0 Å². The molecule has 1 heterocycles. The number of nitrogens with two attached hydrogens (primary N) is 1. The lowest BCUT2D eigenvalue weighted by atomic mass is 10.0. The molecule has 1 aliphatic heterocycles. The van der Waals surface area contributed by atoms with Gasteiger partial charge in [-0.2, -0.15) is 11.8 Å². The Morgan fingerprint density at radius 3 is 2.90 bits per heavy atom. The topological polar surface area (TPSA) is 52.3 Å². The number of ether oxygens (including phenoxy) is 1. The lowest BCUT2D eigenvalue weighted by Crippen LogP contribution is -2.48. The molecule has 0 amide bonds. The summed E-state index contributed by atoms with van der Waals surface area (Å²) in [6, 6.07) is 0. The number of methoxy groups -OCH3 is 1. The standard InChI is InChI=1S/C6H11NO2S/c1-9-5(8)6(7)2-3-10-4-6/h2-4,7H2,1H3/t6-/m1/s1. The highest BCUT2D eigenvalue weighted by molar-refractivity contribution is 7.99. The molecule has 0 spiro atoms. The Labute approximate surface area is 64.3 Å². The molecule has 0 aromatic carbocycles. The van der Waals surface area contributed by atoms with Gasteiger partial charge in [-0.25, -0.2) is 0 Å². The van der Waals surface area contributed by atoms with Crippen molar-refractivity contribution in [2.45, 2.75) is 12.0 Å². The van der Waals surface area contributed by atoms with Crippen LogP contribution < -0.4 is 5.73 Å². The van der Waals surface area contributed by atoms with E-state index >= 15 is 0 Å². The first-order chi connectivity index (χ1) is 4.69. The average molecular weight is 161 g/mol. The van der Waals surface area contributed by atoms with Crippen LogP contribution in [-0.2, 0) is 9.53 Å². The van der Waals surface area contributed by atoms with Crippen molar-refractivity contribution >= 4 is 17.7 Å². The van der Waals surface area contributed by atoms with Gasteiger partial charge in [0.25, 0.3) is 0 Å². The molecule has 0 aromatic rings. The third kappa shape index (κ3) is 1.27. The zero-order chi connectivity index (χ0) is 7.61. The van der Waals surface area contributed by atoms with E-state index in [1.54, 1.807) is 11.8 Å². The van der Waals surface area contributed by atoms with E-state index < -0.39 is 5.54 Å². The first-order valence-corrected chi connectivity index (χ1v) is 4.29. The van der Waals surface area contributed by atoms with Gasteiger partial charge >= 0.3 is 5.97 Å². The predicted octanol–water partition coefficient (Wildman–Crippen LogP) is -0.00620. The fraction of sp³-hybridized carbons (Fsp3) is 0.833. The van der Waals surface area contributed by atoms with Crippen LogP contribution in [0.2, 0.25) is 0 Å². The van der Waals surface area contributed by atoms with E-state index in [1.165, 1.54) is 7.11 Å². The first kappa shape index (κ1) is 7.88. The molecule has 0 unspecified atom stereocenters. The van der Waals surface area contributed by atoms with E-state index in [0.29, 0.717) is 5.75 Å². The van der Waals surface area contributed by atoms with E-state index in [4.69, 9.17) is 5.73 Å². The van der Waals surface area contributed by atoms with Crippen LogP contribution in [0.3, 0.4) is 0 Å². The molecule has 1 fully saturated rings. The van der Waals surface area contributed by atoms with Gasteiger partial charge in [-0.15, -0.1) is 0 Å².